The van der Waals surface area contributed by atoms with Crippen molar-refractivity contribution < 1.29 is 43.5 Å². The molecule has 2 heterocycles. The van der Waals surface area contributed by atoms with Gasteiger partial charge in [-0.25, -0.2) is 9.59 Å². The molecule has 0 spiro atoms. The molecule has 0 aliphatic carbocycles. The molecule has 13 heteroatoms. The lowest BCUT2D eigenvalue weighted by molar-refractivity contribution is -0.139. The van der Waals surface area contributed by atoms with Crippen LogP contribution in [-0.4, -0.2) is 70.5 Å². The molecule has 41 heavy (non-hydrogen) atoms. The maximum atomic E-state index is 13.1. The van der Waals surface area contributed by atoms with Crippen LogP contribution in [0.3, 0.4) is 0 Å². The molecular formula is C28H25N3O9S. The van der Waals surface area contributed by atoms with E-state index in [1.165, 1.54) is 34.5 Å². The highest BCUT2D eigenvalue weighted by molar-refractivity contribution is 7.00. The van der Waals surface area contributed by atoms with E-state index in [1.807, 2.05) is 18.2 Å². The molecule has 0 aliphatic heterocycles. The highest BCUT2D eigenvalue weighted by atomic mass is 32.1. The second-order valence-electron chi connectivity index (χ2n) is 8.79. The number of benzene rings is 3. The van der Waals surface area contributed by atoms with E-state index >= 15 is 0 Å². The second kappa shape index (κ2) is 11.2. The van der Waals surface area contributed by atoms with Crippen LogP contribution in [0, 0.1) is 0 Å². The summed E-state index contributed by atoms with van der Waals surface area (Å²) in [7, 11) is 5.82. The van der Waals surface area contributed by atoms with Gasteiger partial charge in [-0.05, 0) is 29.8 Å². The third-order valence-electron chi connectivity index (χ3n) is 6.53. The van der Waals surface area contributed by atoms with Crippen molar-refractivity contribution in [1.29, 1.82) is 0 Å². The smallest absolute Gasteiger partial charge is 0.353 e. The number of fused-ring (bicyclic) bond motifs is 2. The zero-order chi connectivity index (χ0) is 29.3. The van der Waals surface area contributed by atoms with Crippen LogP contribution in [0.25, 0.3) is 33.1 Å². The predicted molar refractivity (Wildman–Crippen MR) is 150 cm³/mol. The van der Waals surface area contributed by atoms with Crippen molar-refractivity contribution >= 4 is 45.6 Å². The number of methoxy groups -OCH3 is 4. The van der Waals surface area contributed by atoms with E-state index < -0.39 is 18.5 Å². The fraction of sp³-hybridized carbons (Fsp3) is 0.214. The van der Waals surface area contributed by atoms with Crippen molar-refractivity contribution in [3.05, 3.63) is 53.7 Å². The maximum absolute atomic E-state index is 13.1. The lowest BCUT2D eigenvalue weighted by atomic mass is 9.99. The van der Waals surface area contributed by atoms with Crippen molar-refractivity contribution in [2.75, 3.05) is 35.0 Å². The number of carboxylic acid groups (broad SMARTS) is 2. The van der Waals surface area contributed by atoms with Gasteiger partial charge in [0.1, 0.15) is 28.2 Å². The number of ether oxygens (including phenoxy) is 5. The van der Waals surface area contributed by atoms with Gasteiger partial charge >= 0.3 is 11.9 Å². The molecule has 0 fully saturated rings. The molecule has 0 unspecified atom stereocenters. The summed E-state index contributed by atoms with van der Waals surface area (Å²) in [6, 6.07) is 12.0. The first-order valence-electron chi connectivity index (χ1n) is 12.1. The molecule has 2 aromatic heterocycles. The van der Waals surface area contributed by atoms with Crippen LogP contribution in [-0.2, 0) is 11.3 Å². The molecule has 12 nitrogen and oxygen atoms in total. The minimum Gasteiger partial charge on any atom is -0.497 e. The molecule has 5 rings (SSSR count). The van der Waals surface area contributed by atoms with Crippen molar-refractivity contribution in [3.8, 4) is 39.9 Å². The third-order valence-corrected chi connectivity index (χ3v) is 7.08. The molecule has 0 radical (unpaired) electrons. The van der Waals surface area contributed by atoms with Crippen molar-refractivity contribution in [1.82, 2.24) is 13.3 Å². The fourth-order valence-corrected chi connectivity index (χ4v) is 5.34. The van der Waals surface area contributed by atoms with E-state index in [0.717, 1.165) is 22.8 Å². The van der Waals surface area contributed by atoms with Crippen LogP contribution in [0.5, 0.6) is 28.7 Å². The Labute approximate surface area is 237 Å². The van der Waals surface area contributed by atoms with Gasteiger partial charge < -0.3 is 38.5 Å². The van der Waals surface area contributed by atoms with Gasteiger partial charge in [-0.3, -0.25) is 0 Å². The van der Waals surface area contributed by atoms with E-state index in [1.54, 1.807) is 22.8 Å². The van der Waals surface area contributed by atoms with E-state index in [2.05, 4.69) is 8.75 Å². The van der Waals surface area contributed by atoms with Gasteiger partial charge in [0.05, 0.1) is 51.1 Å². The zero-order valence-corrected chi connectivity index (χ0v) is 23.3. The monoisotopic (exact) mass is 579 g/mol. The average Bonchev–Trinajstić information content (AvgIpc) is 3.57. The van der Waals surface area contributed by atoms with Gasteiger partial charge in [0.25, 0.3) is 0 Å². The quantitative estimate of drug-likeness (QED) is 0.227. The average molecular weight is 580 g/mol. The Hall–Kier alpha value is -5.04. The Morgan fingerprint density at radius 1 is 0.854 bits per heavy atom. The lowest BCUT2D eigenvalue weighted by Gasteiger charge is -2.16. The van der Waals surface area contributed by atoms with Gasteiger partial charge in [-0.15, -0.1) is 0 Å². The summed E-state index contributed by atoms with van der Waals surface area (Å²) in [4.78, 5) is 24.4. The molecule has 212 valence electrons. The van der Waals surface area contributed by atoms with E-state index in [4.69, 9.17) is 23.7 Å². The third kappa shape index (κ3) is 4.91. The summed E-state index contributed by atoms with van der Waals surface area (Å²) in [5.41, 5.74) is 3.16. The standard InChI is InChI=1S/C28H25N3O9S/c1-36-15-6-7-16(20(10-15)40-13-22(32)33)23-24-19(11-21(37-2)26(38-3)27(24)39-4)31(25(23)28(34)35)12-14-5-8-17-18(9-14)30-41-29-17/h5-11H,12-13H2,1-4H3,(H,32,33)(H,34,35). The highest BCUT2D eigenvalue weighted by Crippen LogP contribution is 2.51. The molecule has 0 bridgehead atoms. The number of carbonyl (C=O) groups is 2. The van der Waals surface area contributed by atoms with Gasteiger partial charge in [0, 0.05) is 29.8 Å². The topological polar surface area (TPSA) is 151 Å². The Bertz CT molecular complexity index is 1790. The van der Waals surface area contributed by atoms with E-state index in [0.29, 0.717) is 33.5 Å². The number of hydrogen-bond acceptors (Lipinski definition) is 10. The van der Waals surface area contributed by atoms with Crippen LogP contribution in [0.4, 0.5) is 0 Å². The van der Waals surface area contributed by atoms with Crippen molar-refractivity contribution in [2.24, 2.45) is 0 Å². The Balaban J connectivity index is 1.89. The molecule has 5 aromatic rings. The largest absolute Gasteiger partial charge is 0.497 e. The maximum Gasteiger partial charge on any atom is 0.353 e. The highest BCUT2D eigenvalue weighted by Gasteiger charge is 2.31. The Kier molecular flexibility index (Phi) is 7.53. The number of aromatic carboxylic acids is 1. The summed E-state index contributed by atoms with van der Waals surface area (Å²) in [6.45, 7) is -0.511. The summed E-state index contributed by atoms with van der Waals surface area (Å²) in [5.74, 6) is -1.10. The summed E-state index contributed by atoms with van der Waals surface area (Å²) in [5, 5.41) is 20.4. The second-order valence-corrected chi connectivity index (χ2v) is 9.31. The molecule has 0 amide bonds. The molecule has 3 aromatic carbocycles. The van der Waals surface area contributed by atoms with Crippen LogP contribution >= 0.6 is 11.7 Å². The van der Waals surface area contributed by atoms with Gasteiger partial charge in [0.2, 0.25) is 5.75 Å². The molecular weight excluding hydrogens is 554 g/mol. The first-order valence-corrected chi connectivity index (χ1v) is 12.9. The summed E-state index contributed by atoms with van der Waals surface area (Å²) in [6.07, 6.45) is 0. The SMILES string of the molecule is COc1ccc(-c2c(C(=O)O)n(Cc3ccc4nsnc4c3)c3cc(OC)c(OC)c(OC)c23)c(OCC(=O)O)c1. The molecule has 0 saturated carbocycles. The minimum atomic E-state index is -1.23. The van der Waals surface area contributed by atoms with E-state index in [9.17, 15) is 19.8 Å². The van der Waals surface area contributed by atoms with Crippen molar-refractivity contribution in [2.45, 2.75) is 6.54 Å². The fourth-order valence-electron chi connectivity index (χ4n) is 4.82. The van der Waals surface area contributed by atoms with Gasteiger partial charge in [0.15, 0.2) is 18.1 Å². The minimum absolute atomic E-state index is 0.0875. The predicted octanol–water partition coefficient (Wildman–Crippen LogP) is 4.56. The van der Waals surface area contributed by atoms with E-state index in [-0.39, 0.29) is 35.1 Å². The van der Waals surface area contributed by atoms with Crippen LogP contribution in [0.15, 0.2) is 42.5 Å². The lowest BCUT2D eigenvalue weighted by Crippen LogP contribution is -2.12. The van der Waals surface area contributed by atoms with Crippen LogP contribution < -0.4 is 23.7 Å². The molecule has 0 saturated heterocycles. The summed E-state index contributed by atoms with van der Waals surface area (Å²) < 4.78 is 38.1. The first kappa shape index (κ1) is 27.5. The number of hydrogen-bond donors (Lipinski definition) is 2. The number of aromatic nitrogens is 3. The van der Waals surface area contributed by atoms with Crippen LogP contribution in [0.2, 0.25) is 0 Å². The number of nitrogens with zero attached hydrogens (tertiary/aromatic N) is 3. The Morgan fingerprint density at radius 3 is 2.27 bits per heavy atom. The normalized spacial score (nSPS) is 11.0. The number of aliphatic carboxylic acids is 1. The van der Waals surface area contributed by atoms with Crippen molar-refractivity contribution in [3.63, 3.8) is 0 Å². The first-order chi connectivity index (χ1) is 19.8. The molecule has 2 N–H and O–H groups in total. The number of carboxylic acids is 2. The van der Waals surface area contributed by atoms with Gasteiger partial charge in [-0.1, -0.05) is 6.07 Å². The van der Waals surface area contributed by atoms with Gasteiger partial charge in [-0.2, -0.15) is 8.75 Å². The Morgan fingerprint density at radius 2 is 1.61 bits per heavy atom. The molecule has 0 atom stereocenters. The number of rotatable bonds is 11. The molecule has 0 aliphatic rings. The summed E-state index contributed by atoms with van der Waals surface area (Å²) >= 11 is 1.09. The zero-order valence-electron chi connectivity index (χ0n) is 22.5. The van der Waals surface area contributed by atoms with Crippen LogP contribution in [0.1, 0.15) is 16.1 Å².